The third kappa shape index (κ3) is 3.69. The lowest BCUT2D eigenvalue weighted by molar-refractivity contribution is 0.241. The Kier molecular flexibility index (Phi) is 4.31. The van der Waals surface area contributed by atoms with E-state index in [1.165, 1.54) is 6.08 Å². The molecule has 6 heteroatoms. The minimum atomic E-state index is -0.380. The predicted octanol–water partition coefficient (Wildman–Crippen LogP) is 1.57. The average Bonchev–Trinajstić information content (AvgIpc) is 2.81. The molecule has 98 valence electrons. The Balaban J connectivity index is 1.79. The first kappa shape index (κ1) is 12.9. The second-order valence-corrected chi connectivity index (χ2v) is 3.84. The monoisotopic (exact) mass is 259 g/mol. The smallest absolute Gasteiger partial charge is 0.316 e. The number of carbonyl (C=O) groups excluding carboxylic acids is 2. The summed E-state index contributed by atoms with van der Waals surface area (Å²) in [4.78, 5) is 24.2. The Bertz CT molecular complexity index is 581. The number of carbonyl (C=O) groups is 1. The van der Waals surface area contributed by atoms with Crippen LogP contribution in [0, 0.1) is 0 Å². The molecule has 2 rings (SSSR count). The van der Waals surface area contributed by atoms with Gasteiger partial charge >= 0.3 is 6.03 Å². The predicted molar refractivity (Wildman–Crippen MR) is 69.4 cm³/mol. The molecule has 0 atom stereocenters. The number of urea groups is 1. The van der Waals surface area contributed by atoms with Gasteiger partial charge in [-0.3, -0.25) is 0 Å². The molecule has 0 aliphatic heterocycles. The maximum atomic E-state index is 11.2. The summed E-state index contributed by atoms with van der Waals surface area (Å²) in [5, 5.41) is 6.06. The van der Waals surface area contributed by atoms with E-state index in [4.69, 9.17) is 4.42 Å². The van der Waals surface area contributed by atoms with Gasteiger partial charge in [-0.25, -0.2) is 9.59 Å². The molecule has 0 unspecified atom stereocenters. The third-order valence-corrected chi connectivity index (χ3v) is 2.52. The molecule has 2 N–H and O–H groups in total. The van der Waals surface area contributed by atoms with Crippen LogP contribution < -0.4 is 10.6 Å². The summed E-state index contributed by atoms with van der Waals surface area (Å²) in [7, 11) is 0. The van der Waals surface area contributed by atoms with Gasteiger partial charge in [0.1, 0.15) is 18.0 Å². The lowest BCUT2D eigenvalue weighted by Gasteiger charge is -2.03. The largest absolute Gasteiger partial charge is 0.461 e. The van der Waals surface area contributed by atoms with Crippen molar-refractivity contribution in [3.05, 3.63) is 36.1 Å². The molecule has 0 fully saturated rings. The number of rotatable bonds is 5. The third-order valence-electron chi connectivity index (χ3n) is 2.52. The van der Waals surface area contributed by atoms with Gasteiger partial charge in [0.25, 0.3) is 0 Å². The van der Waals surface area contributed by atoms with Crippen molar-refractivity contribution in [3.63, 3.8) is 0 Å². The van der Waals surface area contributed by atoms with Gasteiger partial charge in [-0.15, -0.1) is 0 Å². The summed E-state index contributed by atoms with van der Waals surface area (Å²) >= 11 is 0. The van der Waals surface area contributed by atoms with Gasteiger partial charge in [-0.1, -0.05) is 18.2 Å². The zero-order valence-corrected chi connectivity index (χ0v) is 10.2. The highest BCUT2D eigenvalue weighted by atomic mass is 16.3. The Morgan fingerprint density at radius 1 is 1.32 bits per heavy atom. The first-order chi connectivity index (χ1) is 9.29. The van der Waals surface area contributed by atoms with Gasteiger partial charge in [-0.05, 0) is 12.1 Å². The minimum absolute atomic E-state index is 0.0695. The van der Waals surface area contributed by atoms with Crippen molar-refractivity contribution in [1.29, 1.82) is 0 Å². The first-order valence-electron chi connectivity index (χ1n) is 5.82. The summed E-state index contributed by atoms with van der Waals surface area (Å²) < 4.78 is 5.61. The number of amides is 2. The van der Waals surface area contributed by atoms with E-state index in [0.717, 1.165) is 16.7 Å². The van der Waals surface area contributed by atoms with Gasteiger partial charge < -0.3 is 15.1 Å². The molecule has 0 radical (unpaired) electrons. The van der Waals surface area contributed by atoms with Gasteiger partial charge in [0, 0.05) is 18.4 Å². The summed E-state index contributed by atoms with van der Waals surface area (Å²) in [5.74, 6) is 0.812. The van der Waals surface area contributed by atoms with E-state index in [1.807, 2.05) is 30.3 Å². The quantitative estimate of drug-likeness (QED) is 0.631. The summed E-state index contributed by atoms with van der Waals surface area (Å²) in [5.41, 5.74) is 0.835. The zero-order valence-electron chi connectivity index (χ0n) is 10.2. The van der Waals surface area contributed by atoms with E-state index >= 15 is 0 Å². The van der Waals surface area contributed by atoms with Crippen LogP contribution >= 0.6 is 0 Å². The molecular weight excluding hydrogens is 246 g/mol. The number of fused-ring (bicyclic) bond motifs is 1. The Labute approximate surface area is 109 Å². The van der Waals surface area contributed by atoms with Crippen LogP contribution in [0.3, 0.4) is 0 Å². The molecule has 0 aliphatic rings. The number of hydrogen-bond donors (Lipinski definition) is 2. The van der Waals surface area contributed by atoms with E-state index in [1.54, 1.807) is 0 Å². The van der Waals surface area contributed by atoms with E-state index in [9.17, 15) is 9.59 Å². The topological polar surface area (TPSA) is 83.7 Å². The number of nitrogens with one attached hydrogen (secondary N) is 2. The molecule has 0 aliphatic carbocycles. The molecular formula is C13H13N3O3. The molecule has 2 aromatic rings. The summed E-state index contributed by atoms with van der Waals surface area (Å²) in [6.07, 6.45) is 1.93. The van der Waals surface area contributed by atoms with Crippen molar-refractivity contribution in [3.8, 4) is 0 Å². The van der Waals surface area contributed by atoms with Crippen LogP contribution in [0.2, 0.25) is 0 Å². The average molecular weight is 259 g/mol. The molecule has 0 spiro atoms. The fraction of sp³-hybridized carbons (Fsp3) is 0.231. The lowest BCUT2D eigenvalue weighted by Crippen LogP contribution is -2.36. The van der Waals surface area contributed by atoms with Crippen molar-refractivity contribution >= 4 is 23.1 Å². The number of aliphatic imine (C=N–C) groups is 1. The highest BCUT2D eigenvalue weighted by Crippen LogP contribution is 2.18. The van der Waals surface area contributed by atoms with Gasteiger partial charge in [0.15, 0.2) is 0 Å². The molecule has 19 heavy (non-hydrogen) atoms. The SMILES string of the molecule is O=C=NCNC(=O)NCCc1cc2ccccc2o1. The summed E-state index contributed by atoms with van der Waals surface area (Å²) in [6, 6.07) is 9.30. The number of furan rings is 1. The number of benzene rings is 1. The van der Waals surface area contributed by atoms with Crippen LogP contribution in [0.4, 0.5) is 4.79 Å². The molecule has 6 nitrogen and oxygen atoms in total. The minimum Gasteiger partial charge on any atom is -0.461 e. The first-order valence-corrected chi connectivity index (χ1v) is 5.82. The van der Waals surface area contributed by atoms with E-state index < -0.39 is 0 Å². The number of isocyanates is 1. The second-order valence-electron chi connectivity index (χ2n) is 3.84. The number of para-hydroxylation sites is 1. The highest BCUT2D eigenvalue weighted by molar-refractivity contribution is 5.77. The standard InChI is InChI=1S/C13H13N3O3/c17-9-14-8-16-13(18)15-6-5-11-7-10-3-1-2-4-12(10)19-11/h1-4,7H,5-6,8H2,(H2,15,16,18). The van der Waals surface area contributed by atoms with E-state index in [2.05, 4.69) is 15.6 Å². The number of hydrogen-bond acceptors (Lipinski definition) is 4. The zero-order chi connectivity index (χ0) is 13.5. The van der Waals surface area contributed by atoms with Gasteiger partial charge in [0.2, 0.25) is 6.08 Å². The maximum absolute atomic E-state index is 11.2. The van der Waals surface area contributed by atoms with Crippen molar-refractivity contribution in [2.75, 3.05) is 13.2 Å². The molecule has 0 saturated carbocycles. The van der Waals surface area contributed by atoms with E-state index in [0.29, 0.717) is 13.0 Å². The van der Waals surface area contributed by atoms with Crippen molar-refractivity contribution in [1.82, 2.24) is 10.6 Å². The fourth-order valence-corrected chi connectivity index (χ4v) is 1.67. The molecule has 0 bridgehead atoms. The normalized spacial score (nSPS) is 9.89. The van der Waals surface area contributed by atoms with Gasteiger partial charge in [-0.2, -0.15) is 4.99 Å². The van der Waals surface area contributed by atoms with Crippen LogP contribution in [0.5, 0.6) is 0 Å². The van der Waals surface area contributed by atoms with Crippen molar-refractivity contribution in [2.24, 2.45) is 4.99 Å². The van der Waals surface area contributed by atoms with Crippen LogP contribution in [0.1, 0.15) is 5.76 Å². The maximum Gasteiger partial charge on any atom is 0.316 e. The highest BCUT2D eigenvalue weighted by Gasteiger charge is 2.03. The Morgan fingerprint density at radius 2 is 2.16 bits per heavy atom. The van der Waals surface area contributed by atoms with Gasteiger partial charge in [0.05, 0.1) is 0 Å². The molecule has 0 saturated heterocycles. The molecule has 1 aromatic heterocycles. The Hall–Kier alpha value is -2.59. The van der Waals surface area contributed by atoms with Crippen LogP contribution in [-0.2, 0) is 11.2 Å². The van der Waals surface area contributed by atoms with E-state index in [-0.39, 0.29) is 12.7 Å². The second kappa shape index (κ2) is 6.37. The lowest BCUT2D eigenvalue weighted by atomic mass is 10.2. The Morgan fingerprint density at radius 3 is 2.95 bits per heavy atom. The van der Waals surface area contributed by atoms with Crippen LogP contribution in [0.25, 0.3) is 11.0 Å². The van der Waals surface area contributed by atoms with Crippen molar-refractivity contribution < 1.29 is 14.0 Å². The fourth-order valence-electron chi connectivity index (χ4n) is 1.67. The van der Waals surface area contributed by atoms with Crippen LogP contribution in [-0.4, -0.2) is 25.3 Å². The molecule has 1 aromatic carbocycles. The van der Waals surface area contributed by atoms with Crippen molar-refractivity contribution in [2.45, 2.75) is 6.42 Å². The van der Waals surface area contributed by atoms with Crippen LogP contribution in [0.15, 0.2) is 39.7 Å². The number of nitrogens with zero attached hydrogens (tertiary/aromatic N) is 1. The molecule has 2 amide bonds. The molecule has 1 heterocycles. The summed E-state index contributed by atoms with van der Waals surface area (Å²) in [6.45, 7) is 0.371.